The molecule has 0 saturated heterocycles. The predicted molar refractivity (Wildman–Crippen MR) is 78.9 cm³/mol. The molecule has 3 nitrogen and oxygen atoms in total. The molecule has 1 aromatic carbocycles. The van der Waals surface area contributed by atoms with Gasteiger partial charge in [-0.05, 0) is 18.4 Å². The fourth-order valence-electron chi connectivity index (χ4n) is 1.57. The van der Waals surface area contributed by atoms with Crippen LogP contribution in [0.4, 0.5) is 4.79 Å². The number of carbonyl (C=O) groups is 1. The summed E-state index contributed by atoms with van der Waals surface area (Å²) in [7, 11) is 1.80. The van der Waals surface area contributed by atoms with Gasteiger partial charge in [-0.15, -0.1) is 0 Å². The zero-order chi connectivity index (χ0) is 13.4. The third-order valence-corrected chi connectivity index (χ3v) is 2.86. The van der Waals surface area contributed by atoms with Crippen molar-refractivity contribution >= 4 is 22.0 Å². The smallest absolute Gasteiger partial charge is 0.317 e. The van der Waals surface area contributed by atoms with Gasteiger partial charge < -0.3 is 10.2 Å². The average Bonchev–Trinajstić information content (AvgIpc) is 2.37. The van der Waals surface area contributed by atoms with E-state index in [9.17, 15) is 4.79 Å². The Hall–Kier alpha value is -1.29. The lowest BCUT2D eigenvalue weighted by Gasteiger charge is -2.17. The van der Waals surface area contributed by atoms with Crippen molar-refractivity contribution < 1.29 is 4.79 Å². The van der Waals surface area contributed by atoms with E-state index < -0.39 is 0 Å². The molecule has 0 bridgehead atoms. The molecule has 1 aromatic rings. The van der Waals surface area contributed by atoms with Crippen LogP contribution in [0.2, 0.25) is 0 Å². The Labute approximate surface area is 117 Å². The largest absolute Gasteiger partial charge is 0.333 e. The summed E-state index contributed by atoms with van der Waals surface area (Å²) in [6.07, 6.45) is 1.95. The third-order valence-electron chi connectivity index (χ3n) is 2.58. The van der Waals surface area contributed by atoms with E-state index in [4.69, 9.17) is 0 Å². The molecule has 98 valence electrons. The van der Waals surface area contributed by atoms with Gasteiger partial charge in [0.25, 0.3) is 0 Å². The van der Waals surface area contributed by atoms with Crippen molar-refractivity contribution in [1.82, 2.24) is 10.2 Å². The molecule has 1 N–H and O–H groups in total. The van der Waals surface area contributed by atoms with Crippen LogP contribution in [-0.2, 0) is 6.42 Å². The van der Waals surface area contributed by atoms with Gasteiger partial charge >= 0.3 is 6.03 Å². The van der Waals surface area contributed by atoms with Gasteiger partial charge in [-0.2, -0.15) is 0 Å². The first-order chi connectivity index (χ1) is 8.59. The van der Waals surface area contributed by atoms with E-state index in [1.165, 1.54) is 5.56 Å². The minimum Gasteiger partial charge on any atom is -0.333 e. The number of urea groups is 1. The molecule has 0 spiro atoms. The van der Waals surface area contributed by atoms with E-state index in [1.54, 1.807) is 11.9 Å². The van der Waals surface area contributed by atoms with Gasteiger partial charge in [-0.25, -0.2) is 4.79 Å². The molecule has 0 aliphatic rings. The molecule has 0 aliphatic heterocycles. The minimum absolute atomic E-state index is 0.0661. The molecule has 0 heterocycles. The monoisotopic (exact) mass is 310 g/mol. The fraction of sp³-hybridized carbons (Fsp3) is 0.357. The van der Waals surface area contributed by atoms with Crippen LogP contribution in [0.1, 0.15) is 12.0 Å². The topological polar surface area (TPSA) is 32.3 Å². The van der Waals surface area contributed by atoms with Gasteiger partial charge in [0.1, 0.15) is 0 Å². The molecule has 0 aliphatic carbocycles. The van der Waals surface area contributed by atoms with Crippen molar-refractivity contribution in [2.24, 2.45) is 0 Å². The van der Waals surface area contributed by atoms with Gasteiger partial charge in [0.15, 0.2) is 0 Å². The Balaban J connectivity index is 2.22. The van der Waals surface area contributed by atoms with Crippen molar-refractivity contribution in [1.29, 1.82) is 0 Å². The molecule has 0 saturated carbocycles. The van der Waals surface area contributed by atoms with Crippen molar-refractivity contribution in [2.45, 2.75) is 12.8 Å². The molecular weight excluding hydrogens is 292 g/mol. The number of nitrogens with zero attached hydrogens (tertiary/aromatic N) is 1. The Morgan fingerprint density at radius 2 is 2.06 bits per heavy atom. The highest BCUT2D eigenvalue weighted by atomic mass is 79.9. The number of halogens is 1. The summed E-state index contributed by atoms with van der Waals surface area (Å²) < 4.78 is 0.772. The van der Waals surface area contributed by atoms with Crippen molar-refractivity contribution in [3.05, 3.63) is 47.0 Å². The zero-order valence-electron chi connectivity index (χ0n) is 10.7. The highest BCUT2D eigenvalue weighted by molar-refractivity contribution is 9.11. The number of hydrogen-bond donors (Lipinski definition) is 1. The molecule has 0 unspecified atom stereocenters. The van der Waals surface area contributed by atoms with Crippen LogP contribution in [0.15, 0.2) is 41.4 Å². The van der Waals surface area contributed by atoms with Gasteiger partial charge in [0.2, 0.25) is 0 Å². The van der Waals surface area contributed by atoms with Crippen molar-refractivity contribution in [2.75, 3.05) is 20.1 Å². The summed E-state index contributed by atoms with van der Waals surface area (Å²) in [5.74, 6) is 0. The van der Waals surface area contributed by atoms with E-state index in [0.29, 0.717) is 6.54 Å². The van der Waals surface area contributed by atoms with E-state index in [0.717, 1.165) is 23.9 Å². The molecule has 0 atom stereocenters. The molecule has 0 fully saturated rings. The first-order valence-corrected chi connectivity index (χ1v) is 6.75. The minimum atomic E-state index is -0.0661. The van der Waals surface area contributed by atoms with E-state index in [-0.39, 0.29) is 6.03 Å². The van der Waals surface area contributed by atoms with Crippen LogP contribution in [0.5, 0.6) is 0 Å². The van der Waals surface area contributed by atoms with Crippen molar-refractivity contribution in [3.63, 3.8) is 0 Å². The van der Waals surface area contributed by atoms with E-state index in [2.05, 4.69) is 40.0 Å². The number of rotatable bonds is 6. The number of aryl methyl sites for hydroxylation is 1. The summed E-state index contributed by atoms with van der Waals surface area (Å²) in [4.78, 5) is 13.3. The van der Waals surface area contributed by atoms with Gasteiger partial charge in [0.05, 0.1) is 6.54 Å². The van der Waals surface area contributed by atoms with Crippen molar-refractivity contribution in [3.8, 4) is 0 Å². The predicted octanol–water partition coefficient (Wildman–Crippen LogP) is 3.17. The first-order valence-electron chi connectivity index (χ1n) is 5.96. The van der Waals surface area contributed by atoms with Crippen LogP contribution >= 0.6 is 15.9 Å². The maximum absolute atomic E-state index is 11.6. The molecular formula is C14H19BrN2O. The van der Waals surface area contributed by atoms with E-state index >= 15 is 0 Å². The maximum Gasteiger partial charge on any atom is 0.317 e. The average molecular weight is 311 g/mol. The lowest BCUT2D eigenvalue weighted by molar-refractivity contribution is 0.209. The SMILES string of the molecule is C=C(Br)CNC(=O)N(C)CCCc1ccccc1. The van der Waals surface area contributed by atoms with Gasteiger partial charge in [-0.3, -0.25) is 0 Å². The number of benzene rings is 1. The lowest BCUT2D eigenvalue weighted by Crippen LogP contribution is -2.38. The quantitative estimate of drug-likeness (QED) is 0.860. The van der Waals surface area contributed by atoms with Crippen LogP contribution < -0.4 is 5.32 Å². The number of amides is 2. The second-order valence-electron chi connectivity index (χ2n) is 4.19. The third kappa shape index (κ3) is 5.87. The Kier molecular flexibility index (Phi) is 6.50. The summed E-state index contributed by atoms with van der Waals surface area (Å²) >= 11 is 3.21. The Morgan fingerprint density at radius 3 is 2.67 bits per heavy atom. The normalized spacial score (nSPS) is 9.89. The molecule has 4 heteroatoms. The van der Waals surface area contributed by atoms with Crippen LogP contribution in [0, 0.1) is 0 Å². The molecule has 18 heavy (non-hydrogen) atoms. The van der Waals surface area contributed by atoms with Gasteiger partial charge in [-0.1, -0.05) is 52.8 Å². The highest BCUT2D eigenvalue weighted by Crippen LogP contribution is 2.03. The molecule has 2 amide bonds. The van der Waals surface area contributed by atoms with Crippen LogP contribution in [0.3, 0.4) is 0 Å². The standard InChI is InChI=1S/C14H19BrN2O/c1-12(15)11-16-14(18)17(2)10-6-9-13-7-4-3-5-8-13/h3-5,7-8H,1,6,9-11H2,2H3,(H,16,18). The first kappa shape index (κ1) is 14.8. The van der Waals surface area contributed by atoms with Crippen LogP contribution in [0.25, 0.3) is 0 Å². The summed E-state index contributed by atoms with van der Waals surface area (Å²) in [5, 5.41) is 2.77. The maximum atomic E-state index is 11.6. The summed E-state index contributed by atoms with van der Waals surface area (Å²) in [5.41, 5.74) is 1.31. The molecule has 0 aromatic heterocycles. The number of carbonyl (C=O) groups excluding carboxylic acids is 1. The highest BCUT2D eigenvalue weighted by Gasteiger charge is 2.07. The summed E-state index contributed by atoms with van der Waals surface area (Å²) in [6.45, 7) is 4.88. The van der Waals surface area contributed by atoms with Crippen LogP contribution in [-0.4, -0.2) is 31.1 Å². The Bertz CT molecular complexity index is 392. The fourth-order valence-corrected chi connectivity index (χ4v) is 1.71. The second-order valence-corrected chi connectivity index (χ2v) is 5.31. The second kappa shape index (κ2) is 7.93. The molecule has 0 radical (unpaired) electrons. The number of nitrogens with one attached hydrogen (secondary N) is 1. The van der Waals surface area contributed by atoms with E-state index in [1.807, 2.05) is 18.2 Å². The zero-order valence-corrected chi connectivity index (χ0v) is 12.2. The lowest BCUT2D eigenvalue weighted by atomic mass is 10.1. The van der Waals surface area contributed by atoms with Gasteiger partial charge in [0, 0.05) is 18.1 Å². The molecule has 1 rings (SSSR count). The Morgan fingerprint density at radius 1 is 1.39 bits per heavy atom. The number of hydrogen-bond acceptors (Lipinski definition) is 1. The summed E-state index contributed by atoms with van der Waals surface area (Å²) in [6, 6.07) is 10.2.